The second-order valence-electron chi connectivity index (χ2n) is 3.29. The van der Waals surface area contributed by atoms with E-state index in [4.69, 9.17) is 5.11 Å². The number of carboxylic acids is 1. The topological polar surface area (TPSA) is 37.3 Å². The third kappa shape index (κ3) is 2.46. The number of carboxylic acid groups (broad SMARTS) is 1. The summed E-state index contributed by atoms with van der Waals surface area (Å²) in [6, 6.07) is 11.6. The van der Waals surface area contributed by atoms with Crippen LogP contribution in [-0.2, 0) is 0 Å². The summed E-state index contributed by atoms with van der Waals surface area (Å²) >= 11 is 2.92. The zero-order valence-electron chi connectivity index (χ0n) is 8.64. The van der Waals surface area contributed by atoms with Gasteiger partial charge in [0.1, 0.15) is 4.88 Å². The molecule has 2 nitrogen and oxygen atoms in total. The van der Waals surface area contributed by atoms with Crippen LogP contribution in [0.1, 0.15) is 15.2 Å². The van der Waals surface area contributed by atoms with Gasteiger partial charge in [-0.05, 0) is 30.7 Å². The number of aryl methyl sites for hydroxylation is 1. The van der Waals surface area contributed by atoms with Crippen molar-refractivity contribution in [1.29, 1.82) is 0 Å². The molecular formula is C12H10O2S2. The van der Waals surface area contributed by atoms with E-state index in [1.54, 1.807) is 17.8 Å². The minimum atomic E-state index is -0.860. The van der Waals surface area contributed by atoms with E-state index < -0.39 is 5.97 Å². The van der Waals surface area contributed by atoms with Gasteiger partial charge in [-0.1, -0.05) is 30.0 Å². The van der Waals surface area contributed by atoms with Crippen LogP contribution in [0.4, 0.5) is 0 Å². The fraction of sp³-hybridized carbons (Fsp3) is 0.0833. The third-order valence-electron chi connectivity index (χ3n) is 2.10. The fourth-order valence-corrected chi connectivity index (χ4v) is 3.28. The van der Waals surface area contributed by atoms with Crippen molar-refractivity contribution in [1.82, 2.24) is 0 Å². The van der Waals surface area contributed by atoms with Crippen molar-refractivity contribution in [2.45, 2.75) is 16.0 Å². The van der Waals surface area contributed by atoms with Gasteiger partial charge in [-0.15, -0.1) is 11.3 Å². The summed E-state index contributed by atoms with van der Waals surface area (Å²) in [5, 5.41) is 8.82. The quantitative estimate of drug-likeness (QED) is 0.897. The predicted octanol–water partition coefficient (Wildman–Crippen LogP) is 3.91. The first-order valence-corrected chi connectivity index (χ1v) is 6.37. The molecule has 4 heteroatoms. The van der Waals surface area contributed by atoms with Crippen LogP contribution in [0.25, 0.3) is 0 Å². The van der Waals surface area contributed by atoms with Crippen LogP contribution in [0, 0.1) is 6.92 Å². The van der Waals surface area contributed by atoms with E-state index in [0.29, 0.717) is 4.88 Å². The van der Waals surface area contributed by atoms with E-state index in [0.717, 1.165) is 4.21 Å². The normalized spacial score (nSPS) is 10.3. The number of thiophene rings is 1. The molecule has 0 fully saturated rings. The van der Waals surface area contributed by atoms with Crippen molar-refractivity contribution in [2.75, 3.05) is 0 Å². The molecule has 1 aromatic carbocycles. The van der Waals surface area contributed by atoms with Crippen molar-refractivity contribution in [3.05, 3.63) is 46.8 Å². The lowest BCUT2D eigenvalue weighted by atomic mass is 10.2. The Morgan fingerprint density at radius 1 is 1.25 bits per heavy atom. The molecule has 0 spiro atoms. The van der Waals surface area contributed by atoms with E-state index >= 15 is 0 Å². The molecule has 2 rings (SSSR count). The van der Waals surface area contributed by atoms with E-state index in [9.17, 15) is 4.79 Å². The lowest BCUT2D eigenvalue weighted by Gasteiger charge is -2.01. The summed E-state index contributed by atoms with van der Waals surface area (Å²) in [5.41, 5.74) is 1.21. The van der Waals surface area contributed by atoms with Crippen LogP contribution in [0.2, 0.25) is 0 Å². The van der Waals surface area contributed by atoms with Gasteiger partial charge in [0.25, 0.3) is 0 Å². The monoisotopic (exact) mass is 250 g/mol. The molecule has 0 aliphatic carbocycles. The van der Waals surface area contributed by atoms with Gasteiger partial charge in [-0.25, -0.2) is 4.79 Å². The summed E-state index contributed by atoms with van der Waals surface area (Å²) in [7, 11) is 0. The zero-order chi connectivity index (χ0) is 11.5. The molecule has 0 saturated heterocycles. The summed E-state index contributed by atoms with van der Waals surface area (Å²) < 4.78 is 1.01. The lowest BCUT2D eigenvalue weighted by molar-refractivity contribution is 0.0702. The van der Waals surface area contributed by atoms with Crippen LogP contribution in [0.5, 0.6) is 0 Å². The first-order chi connectivity index (χ1) is 7.66. The smallest absolute Gasteiger partial charge is 0.345 e. The maximum absolute atomic E-state index is 10.7. The van der Waals surface area contributed by atoms with Gasteiger partial charge in [-0.3, -0.25) is 0 Å². The molecule has 1 N–H and O–H groups in total. The van der Waals surface area contributed by atoms with Crippen LogP contribution >= 0.6 is 23.1 Å². The van der Waals surface area contributed by atoms with Gasteiger partial charge in [0, 0.05) is 4.90 Å². The van der Waals surface area contributed by atoms with Crippen LogP contribution in [-0.4, -0.2) is 11.1 Å². The van der Waals surface area contributed by atoms with Crippen molar-refractivity contribution in [3.63, 3.8) is 0 Å². The van der Waals surface area contributed by atoms with Crippen molar-refractivity contribution >= 4 is 29.1 Å². The second-order valence-corrected chi connectivity index (χ2v) is 5.72. The highest BCUT2D eigenvalue weighted by atomic mass is 32.2. The number of carbonyl (C=O) groups is 1. The third-order valence-corrected chi connectivity index (χ3v) is 4.48. The van der Waals surface area contributed by atoms with Gasteiger partial charge >= 0.3 is 5.97 Å². The van der Waals surface area contributed by atoms with Gasteiger partial charge in [0.05, 0.1) is 4.21 Å². The summed E-state index contributed by atoms with van der Waals surface area (Å²) in [5.74, 6) is -0.860. The van der Waals surface area contributed by atoms with Gasteiger partial charge in [0.2, 0.25) is 0 Å². The predicted molar refractivity (Wildman–Crippen MR) is 66.6 cm³/mol. The first-order valence-electron chi connectivity index (χ1n) is 4.73. The Hall–Kier alpha value is -1.26. The van der Waals surface area contributed by atoms with Gasteiger partial charge in [-0.2, -0.15) is 0 Å². The molecule has 0 bridgehead atoms. The Bertz CT molecular complexity index is 517. The molecule has 0 aliphatic rings. The Morgan fingerprint density at radius 3 is 2.62 bits per heavy atom. The molecule has 16 heavy (non-hydrogen) atoms. The standard InChI is InChI=1S/C12H10O2S2/c1-8-4-2-3-5-9(8)15-11-7-6-10(16-11)12(13)14/h2-7H,1H3,(H,13,14). The van der Waals surface area contributed by atoms with Crippen LogP contribution < -0.4 is 0 Å². The van der Waals surface area contributed by atoms with Gasteiger partial charge in [0.15, 0.2) is 0 Å². The number of aromatic carboxylic acids is 1. The maximum Gasteiger partial charge on any atom is 0.345 e. The number of hydrogen-bond acceptors (Lipinski definition) is 3. The summed E-state index contributed by atoms with van der Waals surface area (Å²) in [4.78, 5) is 12.3. The Labute approximate surface area is 102 Å². The molecule has 0 amide bonds. The maximum atomic E-state index is 10.7. The van der Waals surface area contributed by atoms with E-state index in [1.807, 2.05) is 37.3 Å². The minimum absolute atomic E-state index is 0.385. The molecule has 0 radical (unpaired) electrons. The molecule has 82 valence electrons. The zero-order valence-corrected chi connectivity index (χ0v) is 10.3. The summed E-state index contributed by atoms with van der Waals surface area (Å²) in [6.07, 6.45) is 0. The first kappa shape index (κ1) is 11.2. The van der Waals surface area contributed by atoms with E-state index in [2.05, 4.69) is 0 Å². The SMILES string of the molecule is Cc1ccccc1Sc1ccc(C(=O)O)s1. The highest BCUT2D eigenvalue weighted by molar-refractivity contribution is 8.01. The Balaban J connectivity index is 2.21. The second kappa shape index (κ2) is 4.72. The van der Waals surface area contributed by atoms with Crippen LogP contribution in [0.3, 0.4) is 0 Å². The average Bonchev–Trinajstić information content (AvgIpc) is 2.70. The van der Waals surface area contributed by atoms with Crippen molar-refractivity contribution < 1.29 is 9.90 Å². The molecule has 0 aliphatic heterocycles. The van der Waals surface area contributed by atoms with Crippen molar-refractivity contribution in [3.8, 4) is 0 Å². The molecule has 1 aromatic heterocycles. The molecule has 0 atom stereocenters. The largest absolute Gasteiger partial charge is 0.477 e. The van der Waals surface area contributed by atoms with Crippen LogP contribution in [0.15, 0.2) is 45.5 Å². The highest BCUT2D eigenvalue weighted by Gasteiger charge is 2.08. The Kier molecular flexibility index (Phi) is 3.31. The lowest BCUT2D eigenvalue weighted by Crippen LogP contribution is -1.89. The number of hydrogen-bond donors (Lipinski definition) is 1. The molecule has 0 unspecified atom stereocenters. The summed E-state index contributed by atoms with van der Waals surface area (Å²) in [6.45, 7) is 2.05. The fourth-order valence-electron chi connectivity index (χ4n) is 1.27. The van der Waals surface area contributed by atoms with Gasteiger partial charge < -0.3 is 5.11 Å². The molecule has 0 saturated carbocycles. The van der Waals surface area contributed by atoms with Crippen molar-refractivity contribution in [2.24, 2.45) is 0 Å². The Morgan fingerprint density at radius 2 is 2.00 bits per heavy atom. The average molecular weight is 250 g/mol. The highest BCUT2D eigenvalue weighted by Crippen LogP contribution is 2.34. The number of rotatable bonds is 3. The molecule has 1 heterocycles. The number of benzene rings is 1. The van der Waals surface area contributed by atoms with E-state index in [1.165, 1.54) is 21.8 Å². The minimum Gasteiger partial charge on any atom is -0.477 e. The molecule has 2 aromatic rings. The molecular weight excluding hydrogens is 240 g/mol. The van der Waals surface area contributed by atoms with E-state index in [-0.39, 0.29) is 0 Å².